The van der Waals surface area contributed by atoms with Crippen LogP contribution in [0.1, 0.15) is 55.3 Å². The van der Waals surface area contributed by atoms with E-state index in [1.165, 1.54) is 11.3 Å². The van der Waals surface area contributed by atoms with Gasteiger partial charge in [-0.05, 0) is 51.0 Å². The molecular weight excluding hydrogens is 412 g/mol. The Morgan fingerprint density at radius 3 is 2.39 bits per heavy atom. The third-order valence-electron chi connectivity index (χ3n) is 6.96. The van der Waals surface area contributed by atoms with Gasteiger partial charge in [0.25, 0.3) is 5.56 Å². The Bertz CT molecular complexity index is 1030. The van der Waals surface area contributed by atoms with Gasteiger partial charge in [0.1, 0.15) is 10.7 Å². The predicted molar refractivity (Wildman–Crippen MR) is 122 cm³/mol. The maximum atomic E-state index is 12.8. The first-order chi connectivity index (χ1) is 14.8. The van der Waals surface area contributed by atoms with Crippen LogP contribution in [0.4, 0.5) is 0 Å². The highest BCUT2D eigenvalue weighted by Gasteiger charge is 2.31. The minimum absolute atomic E-state index is 0.0446. The molecule has 0 unspecified atom stereocenters. The molecule has 0 aromatic carbocycles. The highest BCUT2D eigenvalue weighted by Crippen LogP contribution is 2.26. The molecule has 2 aliphatic heterocycles. The van der Waals surface area contributed by atoms with Crippen molar-refractivity contribution in [1.82, 2.24) is 19.8 Å². The molecule has 7 nitrogen and oxygen atoms in total. The number of hydrogen-bond donors (Lipinski definition) is 1. The topological polar surface area (TPSA) is 86.4 Å². The van der Waals surface area contributed by atoms with Crippen molar-refractivity contribution in [2.24, 2.45) is 11.8 Å². The summed E-state index contributed by atoms with van der Waals surface area (Å²) in [6.45, 7) is 9.18. The average Bonchev–Trinajstić information content (AvgIpc) is 3.06. The van der Waals surface area contributed by atoms with E-state index in [1.807, 2.05) is 23.6 Å². The zero-order valence-electron chi connectivity index (χ0n) is 18.7. The molecule has 2 aliphatic rings. The Kier molecular flexibility index (Phi) is 6.46. The molecule has 0 atom stereocenters. The number of carbonyl (C=O) groups excluding carboxylic acids is 2. The molecule has 2 saturated heterocycles. The van der Waals surface area contributed by atoms with Crippen molar-refractivity contribution < 1.29 is 9.59 Å². The van der Waals surface area contributed by atoms with E-state index in [-0.39, 0.29) is 23.3 Å². The SMILES string of the molecule is Cc1sc2nc(CCC(=O)N3CCC(C(=O)N4CCC(C)CC4)CC3)[nH]c(=O)c2c1C. The van der Waals surface area contributed by atoms with Crippen molar-refractivity contribution >= 4 is 33.4 Å². The second-order valence-corrected chi connectivity index (χ2v) is 10.3. The Hall–Kier alpha value is -2.22. The number of amides is 2. The molecule has 2 aromatic rings. The molecule has 0 radical (unpaired) electrons. The number of piperidine rings is 2. The van der Waals surface area contributed by atoms with E-state index in [4.69, 9.17) is 0 Å². The van der Waals surface area contributed by atoms with Crippen molar-refractivity contribution in [3.8, 4) is 0 Å². The molecule has 0 spiro atoms. The summed E-state index contributed by atoms with van der Waals surface area (Å²) in [4.78, 5) is 51.0. The zero-order valence-corrected chi connectivity index (χ0v) is 19.5. The Balaban J connectivity index is 1.29. The molecule has 0 saturated carbocycles. The second-order valence-electron chi connectivity index (χ2n) is 9.14. The van der Waals surface area contributed by atoms with Crippen LogP contribution in [0.25, 0.3) is 10.2 Å². The number of H-pyrrole nitrogens is 1. The molecule has 2 fully saturated rings. The van der Waals surface area contributed by atoms with Crippen LogP contribution in [0.15, 0.2) is 4.79 Å². The van der Waals surface area contributed by atoms with Crippen molar-refractivity contribution in [1.29, 1.82) is 0 Å². The van der Waals surface area contributed by atoms with Crippen LogP contribution in [-0.2, 0) is 16.0 Å². The molecule has 4 heterocycles. The van der Waals surface area contributed by atoms with Gasteiger partial charge in [-0.15, -0.1) is 11.3 Å². The number of nitrogens with one attached hydrogen (secondary N) is 1. The second kappa shape index (κ2) is 9.10. The number of thiophene rings is 1. The van der Waals surface area contributed by atoms with Gasteiger partial charge in [-0.3, -0.25) is 14.4 Å². The maximum Gasteiger partial charge on any atom is 0.259 e. The summed E-state index contributed by atoms with van der Waals surface area (Å²) in [7, 11) is 0. The molecular formula is C23H32N4O3S. The van der Waals surface area contributed by atoms with E-state index in [9.17, 15) is 14.4 Å². The van der Waals surface area contributed by atoms with Crippen LogP contribution in [-0.4, -0.2) is 57.8 Å². The maximum absolute atomic E-state index is 12.8. The smallest absolute Gasteiger partial charge is 0.259 e. The van der Waals surface area contributed by atoms with Crippen LogP contribution in [0, 0.1) is 25.7 Å². The fourth-order valence-electron chi connectivity index (χ4n) is 4.66. The number of hydrogen-bond acceptors (Lipinski definition) is 5. The van der Waals surface area contributed by atoms with E-state index < -0.39 is 0 Å². The van der Waals surface area contributed by atoms with Gasteiger partial charge >= 0.3 is 0 Å². The molecule has 4 rings (SSSR count). The molecule has 168 valence electrons. The Morgan fingerprint density at radius 1 is 1.06 bits per heavy atom. The van der Waals surface area contributed by atoms with Crippen LogP contribution in [0.5, 0.6) is 0 Å². The Morgan fingerprint density at radius 2 is 1.71 bits per heavy atom. The minimum Gasteiger partial charge on any atom is -0.343 e. The number of aryl methyl sites for hydroxylation is 3. The van der Waals surface area contributed by atoms with Gasteiger partial charge in [0.05, 0.1) is 5.39 Å². The average molecular weight is 445 g/mol. The molecule has 8 heteroatoms. The van der Waals surface area contributed by atoms with Gasteiger partial charge in [-0.2, -0.15) is 0 Å². The number of aromatic amines is 1. The fourth-order valence-corrected chi connectivity index (χ4v) is 5.71. The first-order valence-electron chi connectivity index (χ1n) is 11.4. The van der Waals surface area contributed by atoms with Crippen molar-refractivity contribution in [2.45, 2.75) is 59.3 Å². The van der Waals surface area contributed by atoms with E-state index in [0.717, 1.165) is 54.0 Å². The summed E-state index contributed by atoms with van der Waals surface area (Å²) in [6.07, 6.45) is 4.41. The molecule has 1 N–H and O–H groups in total. The summed E-state index contributed by atoms with van der Waals surface area (Å²) in [5.41, 5.74) is 0.855. The predicted octanol–water partition coefficient (Wildman–Crippen LogP) is 3.03. The molecule has 2 amide bonds. The van der Waals surface area contributed by atoms with Crippen LogP contribution >= 0.6 is 11.3 Å². The third kappa shape index (κ3) is 4.68. The van der Waals surface area contributed by atoms with E-state index in [0.29, 0.717) is 43.1 Å². The van der Waals surface area contributed by atoms with E-state index in [1.54, 1.807) is 0 Å². The minimum atomic E-state index is -0.124. The van der Waals surface area contributed by atoms with Gasteiger partial charge in [0, 0.05) is 49.8 Å². The monoisotopic (exact) mass is 444 g/mol. The van der Waals surface area contributed by atoms with Crippen molar-refractivity contribution in [2.75, 3.05) is 26.2 Å². The van der Waals surface area contributed by atoms with E-state index in [2.05, 4.69) is 16.9 Å². The third-order valence-corrected chi connectivity index (χ3v) is 8.06. The lowest BCUT2D eigenvalue weighted by Crippen LogP contribution is -2.46. The number of rotatable bonds is 4. The van der Waals surface area contributed by atoms with Crippen LogP contribution in [0.3, 0.4) is 0 Å². The summed E-state index contributed by atoms with van der Waals surface area (Å²) in [5, 5.41) is 0.660. The molecule has 31 heavy (non-hydrogen) atoms. The highest BCUT2D eigenvalue weighted by atomic mass is 32.1. The molecule has 0 aliphatic carbocycles. The first-order valence-corrected chi connectivity index (χ1v) is 12.2. The molecule has 0 bridgehead atoms. The summed E-state index contributed by atoms with van der Waals surface area (Å²) in [5.74, 6) is 1.66. The fraction of sp³-hybridized carbons (Fsp3) is 0.652. The lowest BCUT2D eigenvalue weighted by atomic mass is 9.92. The molecule has 2 aromatic heterocycles. The summed E-state index contributed by atoms with van der Waals surface area (Å²) < 4.78 is 0. The normalized spacial score (nSPS) is 18.7. The van der Waals surface area contributed by atoms with Gasteiger partial charge in [-0.25, -0.2) is 4.98 Å². The number of carbonyl (C=O) groups is 2. The number of fused-ring (bicyclic) bond motifs is 1. The Labute approximate surface area is 186 Å². The van der Waals surface area contributed by atoms with Crippen molar-refractivity contribution in [3.05, 3.63) is 26.6 Å². The van der Waals surface area contributed by atoms with Gasteiger partial charge in [0.2, 0.25) is 11.8 Å². The lowest BCUT2D eigenvalue weighted by molar-refractivity contribution is -0.141. The largest absolute Gasteiger partial charge is 0.343 e. The number of nitrogens with zero attached hydrogens (tertiary/aromatic N) is 3. The highest BCUT2D eigenvalue weighted by molar-refractivity contribution is 7.18. The first kappa shape index (κ1) is 22.0. The van der Waals surface area contributed by atoms with Crippen LogP contribution < -0.4 is 5.56 Å². The summed E-state index contributed by atoms with van der Waals surface area (Å²) >= 11 is 1.52. The van der Waals surface area contributed by atoms with Gasteiger partial charge in [-0.1, -0.05) is 6.92 Å². The lowest BCUT2D eigenvalue weighted by Gasteiger charge is -2.36. The van der Waals surface area contributed by atoms with Crippen molar-refractivity contribution in [3.63, 3.8) is 0 Å². The van der Waals surface area contributed by atoms with E-state index >= 15 is 0 Å². The summed E-state index contributed by atoms with van der Waals surface area (Å²) in [6, 6.07) is 0. The van der Waals surface area contributed by atoms with Crippen LogP contribution in [0.2, 0.25) is 0 Å². The van der Waals surface area contributed by atoms with Gasteiger partial charge in [0.15, 0.2) is 0 Å². The number of aromatic nitrogens is 2. The van der Waals surface area contributed by atoms with Gasteiger partial charge < -0.3 is 14.8 Å². The quantitative estimate of drug-likeness (QED) is 0.785. The number of likely N-dealkylation sites (tertiary alicyclic amines) is 2. The zero-order chi connectivity index (χ0) is 22.1. The standard InChI is InChI=1S/C23H32N4O3S/c1-14-6-10-27(11-7-14)23(30)17-8-12-26(13-9-17)19(28)5-4-18-24-21(29)20-15(2)16(3)31-22(20)25-18/h14,17H,4-13H2,1-3H3,(H,24,25,29).